The molecule has 108 valence electrons. The summed E-state index contributed by atoms with van der Waals surface area (Å²) in [7, 11) is 0. The zero-order chi connectivity index (χ0) is 15.1. The van der Waals surface area contributed by atoms with Crippen LogP contribution in [0.3, 0.4) is 0 Å². The minimum absolute atomic E-state index is 0.0418. The lowest BCUT2D eigenvalue weighted by Crippen LogP contribution is -2.24. The Morgan fingerprint density at radius 3 is 2.81 bits per heavy atom. The molecule has 3 nitrogen and oxygen atoms in total. The average molecular weight is 298 g/mol. The van der Waals surface area contributed by atoms with E-state index < -0.39 is 0 Å². The first kappa shape index (κ1) is 15.3. The zero-order valence-corrected chi connectivity index (χ0v) is 12.8. The van der Waals surface area contributed by atoms with Gasteiger partial charge in [0.15, 0.2) is 0 Å². The van der Waals surface area contributed by atoms with Crippen LogP contribution in [0.1, 0.15) is 25.7 Å². The standard InChI is InChI=1S/C17H18N2OS/c1-13-12-16(21-15(13)8-5-10-18)17(20)19-11-9-14-6-3-2-4-7-14/h2-4,6-7,12H,9-11,18H2,1H3,(H,19,20). The minimum Gasteiger partial charge on any atom is -0.351 e. The van der Waals surface area contributed by atoms with Crippen molar-refractivity contribution in [2.24, 2.45) is 5.73 Å². The van der Waals surface area contributed by atoms with Gasteiger partial charge >= 0.3 is 0 Å². The van der Waals surface area contributed by atoms with Gasteiger partial charge in [0.25, 0.3) is 5.91 Å². The monoisotopic (exact) mass is 298 g/mol. The van der Waals surface area contributed by atoms with Gasteiger partial charge in [-0.2, -0.15) is 0 Å². The highest BCUT2D eigenvalue weighted by Gasteiger charge is 2.10. The number of nitrogens with one attached hydrogen (secondary N) is 1. The SMILES string of the molecule is Cc1cc(C(=O)NCCc2ccccc2)sc1C#CCN. The fourth-order valence-electron chi connectivity index (χ4n) is 1.90. The summed E-state index contributed by atoms with van der Waals surface area (Å²) in [6.45, 7) is 2.91. The van der Waals surface area contributed by atoms with E-state index in [4.69, 9.17) is 5.73 Å². The van der Waals surface area contributed by atoms with Crippen LogP contribution in [0.15, 0.2) is 36.4 Å². The van der Waals surface area contributed by atoms with E-state index in [-0.39, 0.29) is 5.91 Å². The first-order valence-electron chi connectivity index (χ1n) is 6.82. The number of aryl methyl sites for hydroxylation is 1. The summed E-state index contributed by atoms with van der Waals surface area (Å²) in [5, 5.41) is 2.94. The van der Waals surface area contributed by atoms with Crippen LogP contribution in [0.25, 0.3) is 0 Å². The van der Waals surface area contributed by atoms with Crippen molar-refractivity contribution in [3.63, 3.8) is 0 Å². The van der Waals surface area contributed by atoms with Crippen LogP contribution in [0.2, 0.25) is 0 Å². The molecular weight excluding hydrogens is 280 g/mol. The molecule has 3 N–H and O–H groups in total. The van der Waals surface area contributed by atoms with Crippen LogP contribution in [0, 0.1) is 18.8 Å². The number of carbonyl (C=O) groups excluding carboxylic acids is 1. The van der Waals surface area contributed by atoms with E-state index in [0.29, 0.717) is 18.0 Å². The third-order valence-corrected chi connectivity index (χ3v) is 4.14. The lowest BCUT2D eigenvalue weighted by atomic mass is 10.1. The third-order valence-electron chi connectivity index (χ3n) is 2.99. The molecule has 0 fully saturated rings. The van der Waals surface area contributed by atoms with Crippen molar-refractivity contribution >= 4 is 17.2 Å². The topological polar surface area (TPSA) is 55.1 Å². The molecule has 0 unspecified atom stereocenters. The number of hydrogen-bond acceptors (Lipinski definition) is 3. The highest BCUT2D eigenvalue weighted by atomic mass is 32.1. The molecule has 4 heteroatoms. The van der Waals surface area contributed by atoms with Crippen molar-refractivity contribution in [2.45, 2.75) is 13.3 Å². The first-order chi connectivity index (χ1) is 10.2. The van der Waals surface area contributed by atoms with Gasteiger partial charge in [-0.3, -0.25) is 4.79 Å². The van der Waals surface area contributed by atoms with Crippen molar-refractivity contribution in [1.82, 2.24) is 5.32 Å². The molecule has 0 aliphatic rings. The molecule has 1 heterocycles. The number of carbonyl (C=O) groups is 1. The largest absolute Gasteiger partial charge is 0.351 e. The maximum atomic E-state index is 12.1. The molecule has 1 amide bonds. The Hall–Kier alpha value is -2.09. The molecule has 21 heavy (non-hydrogen) atoms. The van der Waals surface area contributed by atoms with Crippen molar-refractivity contribution in [1.29, 1.82) is 0 Å². The Balaban J connectivity index is 1.91. The van der Waals surface area contributed by atoms with Crippen LogP contribution in [-0.2, 0) is 6.42 Å². The van der Waals surface area contributed by atoms with Crippen LogP contribution in [-0.4, -0.2) is 19.0 Å². The van der Waals surface area contributed by atoms with Crippen molar-refractivity contribution in [3.8, 4) is 11.8 Å². The third kappa shape index (κ3) is 4.45. The van der Waals surface area contributed by atoms with E-state index in [0.717, 1.165) is 16.9 Å². The van der Waals surface area contributed by atoms with Gasteiger partial charge in [-0.05, 0) is 30.5 Å². The van der Waals surface area contributed by atoms with E-state index in [2.05, 4.69) is 29.3 Å². The molecule has 0 aliphatic heterocycles. The summed E-state index contributed by atoms with van der Waals surface area (Å²) in [6.07, 6.45) is 0.830. The van der Waals surface area contributed by atoms with Crippen LogP contribution < -0.4 is 11.1 Å². The van der Waals surface area contributed by atoms with E-state index in [9.17, 15) is 4.79 Å². The Kier molecular flexibility index (Phi) is 5.56. The fraction of sp³-hybridized carbons (Fsp3) is 0.235. The molecule has 0 saturated heterocycles. The maximum absolute atomic E-state index is 12.1. The van der Waals surface area contributed by atoms with Gasteiger partial charge in [0.05, 0.1) is 16.3 Å². The molecular formula is C17H18N2OS. The first-order valence-corrected chi connectivity index (χ1v) is 7.64. The van der Waals surface area contributed by atoms with Gasteiger partial charge in [-0.15, -0.1) is 11.3 Å². The Morgan fingerprint density at radius 2 is 2.10 bits per heavy atom. The van der Waals surface area contributed by atoms with Crippen LogP contribution >= 0.6 is 11.3 Å². The second-order valence-corrected chi connectivity index (χ2v) is 5.67. The van der Waals surface area contributed by atoms with Crippen molar-refractivity contribution in [2.75, 3.05) is 13.1 Å². The average Bonchev–Trinajstić information content (AvgIpc) is 2.87. The van der Waals surface area contributed by atoms with Gasteiger partial charge in [0.2, 0.25) is 0 Å². The molecule has 2 aromatic rings. The number of nitrogens with two attached hydrogens (primary N) is 1. The summed E-state index contributed by atoms with van der Waals surface area (Å²) < 4.78 is 0. The number of hydrogen-bond donors (Lipinski definition) is 2. The molecule has 0 aliphatic carbocycles. The van der Waals surface area contributed by atoms with E-state index in [1.54, 1.807) is 0 Å². The van der Waals surface area contributed by atoms with Gasteiger partial charge < -0.3 is 11.1 Å². The zero-order valence-electron chi connectivity index (χ0n) is 12.0. The van der Waals surface area contributed by atoms with Crippen LogP contribution in [0.5, 0.6) is 0 Å². The normalized spacial score (nSPS) is 9.81. The molecule has 0 bridgehead atoms. The van der Waals surface area contributed by atoms with Crippen LogP contribution in [0.4, 0.5) is 0 Å². The maximum Gasteiger partial charge on any atom is 0.261 e. The van der Waals surface area contributed by atoms with Crippen molar-refractivity contribution in [3.05, 3.63) is 57.3 Å². The lowest BCUT2D eigenvalue weighted by Gasteiger charge is -2.03. The number of benzene rings is 1. The predicted octanol–water partition coefficient (Wildman–Crippen LogP) is 2.34. The predicted molar refractivity (Wildman–Crippen MR) is 87.5 cm³/mol. The fourth-order valence-corrected chi connectivity index (χ4v) is 2.87. The summed E-state index contributed by atoms with van der Waals surface area (Å²) in [5.74, 6) is 5.77. The Labute approximate surface area is 129 Å². The summed E-state index contributed by atoms with van der Waals surface area (Å²) in [4.78, 5) is 13.7. The minimum atomic E-state index is -0.0418. The second kappa shape index (κ2) is 7.63. The molecule has 1 aromatic carbocycles. The highest BCUT2D eigenvalue weighted by molar-refractivity contribution is 7.14. The highest BCUT2D eigenvalue weighted by Crippen LogP contribution is 2.20. The summed E-state index contributed by atoms with van der Waals surface area (Å²) in [6, 6.07) is 12.0. The summed E-state index contributed by atoms with van der Waals surface area (Å²) in [5.41, 5.74) is 7.61. The molecule has 0 saturated carbocycles. The number of amides is 1. The second-order valence-electron chi connectivity index (χ2n) is 4.62. The Morgan fingerprint density at radius 1 is 1.33 bits per heavy atom. The van der Waals surface area contributed by atoms with E-state index in [1.165, 1.54) is 16.9 Å². The van der Waals surface area contributed by atoms with E-state index >= 15 is 0 Å². The number of thiophene rings is 1. The molecule has 0 spiro atoms. The molecule has 0 radical (unpaired) electrons. The summed E-state index contributed by atoms with van der Waals surface area (Å²) >= 11 is 1.41. The lowest BCUT2D eigenvalue weighted by molar-refractivity contribution is 0.0958. The molecule has 0 atom stereocenters. The van der Waals surface area contributed by atoms with Gasteiger partial charge in [-0.1, -0.05) is 42.2 Å². The quantitative estimate of drug-likeness (QED) is 0.851. The number of rotatable bonds is 4. The molecule has 2 rings (SSSR count). The molecule has 1 aromatic heterocycles. The Bertz CT molecular complexity index is 665. The smallest absolute Gasteiger partial charge is 0.261 e. The van der Waals surface area contributed by atoms with Gasteiger partial charge in [0.1, 0.15) is 0 Å². The van der Waals surface area contributed by atoms with E-state index in [1.807, 2.05) is 31.2 Å². The van der Waals surface area contributed by atoms with Gasteiger partial charge in [-0.25, -0.2) is 0 Å². The van der Waals surface area contributed by atoms with Gasteiger partial charge in [0, 0.05) is 6.54 Å². The van der Waals surface area contributed by atoms with Crippen molar-refractivity contribution < 1.29 is 4.79 Å².